The molecule has 2 atom stereocenters. The van der Waals surface area contributed by atoms with Gasteiger partial charge in [-0.25, -0.2) is 4.79 Å². The van der Waals surface area contributed by atoms with Crippen molar-refractivity contribution in [1.82, 2.24) is 20.0 Å². The Balaban J connectivity index is 1.63. The standard InChI is InChI=1S/C28H33N5O5/c1-30(2)27(37)29-17-23(34)32-14-12-28-21-10-4-5-11-22(21)33(26(28)36)18-24(35)31(3)13-7-15-38-20-9-6-8-19(16-20)25(28)32/h4-6,8-11,16,25H,7,12-15,17-18H2,1-3H3,(H,29,37)/t25-,28+/m0/s1. The van der Waals surface area contributed by atoms with Crippen molar-refractivity contribution in [3.05, 3.63) is 59.7 Å². The summed E-state index contributed by atoms with van der Waals surface area (Å²) >= 11 is 0. The number of carbonyl (C=O) groups excluding carboxylic acids is 4. The first-order valence-corrected chi connectivity index (χ1v) is 12.9. The molecule has 0 aliphatic carbocycles. The molecule has 5 amide bonds. The van der Waals surface area contributed by atoms with Crippen LogP contribution in [0.25, 0.3) is 0 Å². The van der Waals surface area contributed by atoms with E-state index in [-0.39, 0.29) is 36.8 Å². The highest BCUT2D eigenvalue weighted by Crippen LogP contribution is 2.56. The van der Waals surface area contributed by atoms with Crippen molar-refractivity contribution >= 4 is 29.4 Å². The van der Waals surface area contributed by atoms with Crippen LogP contribution in [-0.2, 0) is 19.8 Å². The molecule has 1 saturated heterocycles. The minimum absolute atomic E-state index is 0.0748. The number of nitrogens with one attached hydrogen (secondary N) is 1. The molecule has 2 aromatic carbocycles. The van der Waals surface area contributed by atoms with Gasteiger partial charge < -0.3 is 29.7 Å². The van der Waals surface area contributed by atoms with Crippen LogP contribution in [0.1, 0.15) is 30.0 Å². The third-order valence-corrected chi connectivity index (χ3v) is 7.74. The zero-order valence-corrected chi connectivity index (χ0v) is 22.0. The smallest absolute Gasteiger partial charge is 0.317 e. The summed E-state index contributed by atoms with van der Waals surface area (Å²) in [6.45, 7) is 1.00. The number of rotatable bonds is 2. The normalized spacial score (nSPS) is 22.8. The number of likely N-dealkylation sites (N-methyl/N-ethyl adjacent to an activating group) is 1. The fourth-order valence-corrected chi connectivity index (χ4v) is 5.83. The summed E-state index contributed by atoms with van der Waals surface area (Å²) in [6.07, 6.45) is 1.03. The molecule has 3 heterocycles. The Bertz CT molecular complexity index is 1280. The summed E-state index contributed by atoms with van der Waals surface area (Å²) in [4.78, 5) is 59.5. The number of carbonyl (C=O) groups is 4. The van der Waals surface area contributed by atoms with Crippen LogP contribution in [0.5, 0.6) is 5.75 Å². The zero-order valence-electron chi connectivity index (χ0n) is 22.0. The van der Waals surface area contributed by atoms with Gasteiger partial charge in [-0.05, 0) is 42.2 Å². The second-order valence-electron chi connectivity index (χ2n) is 10.3. The maximum absolute atomic E-state index is 14.4. The molecule has 5 rings (SSSR count). The lowest BCUT2D eigenvalue weighted by atomic mass is 9.72. The lowest BCUT2D eigenvalue weighted by Gasteiger charge is -2.35. The monoisotopic (exact) mass is 519 g/mol. The molecule has 1 fully saturated rings. The van der Waals surface area contributed by atoms with Gasteiger partial charge in [-0.1, -0.05) is 30.3 Å². The largest absolute Gasteiger partial charge is 0.494 e. The van der Waals surface area contributed by atoms with Crippen molar-refractivity contribution in [3.8, 4) is 5.75 Å². The lowest BCUT2D eigenvalue weighted by Crippen LogP contribution is -2.49. The predicted molar refractivity (Wildman–Crippen MR) is 141 cm³/mol. The molecule has 200 valence electrons. The Kier molecular flexibility index (Phi) is 6.73. The van der Waals surface area contributed by atoms with Crippen LogP contribution < -0.4 is 15.0 Å². The Morgan fingerprint density at radius 1 is 1.11 bits per heavy atom. The minimum Gasteiger partial charge on any atom is -0.494 e. The maximum atomic E-state index is 14.4. The van der Waals surface area contributed by atoms with Gasteiger partial charge in [0.25, 0.3) is 0 Å². The van der Waals surface area contributed by atoms with Crippen LogP contribution in [0.3, 0.4) is 0 Å². The number of urea groups is 1. The molecule has 0 saturated carbocycles. The van der Waals surface area contributed by atoms with Crippen molar-refractivity contribution in [1.29, 1.82) is 0 Å². The lowest BCUT2D eigenvalue weighted by molar-refractivity contribution is -0.134. The molecule has 0 aromatic heterocycles. The van der Waals surface area contributed by atoms with E-state index in [9.17, 15) is 19.2 Å². The van der Waals surface area contributed by atoms with Gasteiger partial charge in [0.1, 0.15) is 17.7 Å². The van der Waals surface area contributed by atoms with Gasteiger partial charge in [0.15, 0.2) is 0 Å². The number of anilines is 1. The van der Waals surface area contributed by atoms with Crippen LogP contribution in [0.2, 0.25) is 0 Å². The molecule has 38 heavy (non-hydrogen) atoms. The van der Waals surface area contributed by atoms with Crippen molar-refractivity contribution in [3.63, 3.8) is 0 Å². The number of fused-ring (bicyclic) bond motifs is 6. The van der Waals surface area contributed by atoms with E-state index in [1.807, 2.05) is 48.5 Å². The van der Waals surface area contributed by atoms with E-state index in [0.29, 0.717) is 44.0 Å². The van der Waals surface area contributed by atoms with Crippen LogP contribution in [-0.4, -0.2) is 92.4 Å². The third kappa shape index (κ3) is 4.23. The predicted octanol–water partition coefficient (Wildman–Crippen LogP) is 1.76. The molecule has 4 bridgehead atoms. The summed E-state index contributed by atoms with van der Waals surface area (Å²) in [5.74, 6) is 0.00431. The molecule has 3 aliphatic rings. The molecule has 1 spiro atoms. The third-order valence-electron chi connectivity index (χ3n) is 7.74. The second kappa shape index (κ2) is 10.00. The van der Waals surface area contributed by atoms with Crippen molar-refractivity contribution in [2.45, 2.75) is 24.3 Å². The summed E-state index contributed by atoms with van der Waals surface area (Å²) in [6, 6.07) is 14.1. The number of benzene rings is 2. The highest BCUT2D eigenvalue weighted by molar-refractivity contribution is 6.12. The average Bonchev–Trinajstić information content (AvgIpc) is 3.42. The summed E-state index contributed by atoms with van der Waals surface area (Å²) in [5.41, 5.74) is 1.21. The van der Waals surface area contributed by atoms with Gasteiger partial charge in [0.05, 0.1) is 19.2 Å². The maximum Gasteiger partial charge on any atom is 0.317 e. The number of hydrogen-bond donors (Lipinski definition) is 1. The van der Waals surface area contributed by atoms with Gasteiger partial charge in [0, 0.05) is 39.9 Å². The molecule has 0 unspecified atom stereocenters. The molecule has 2 aromatic rings. The number of amides is 5. The zero-order chi connectivity index (χ0) is 27.0. The van der Waals surface area contributed by atoms with Crippen LogP contribution in [0.4, 0.5) is 10.5 Å². The van der Waals surface area contributed by atoms with Crippen LogP contribution in [0, 0.1) is 0 Å². The second-order valence-corrected chi connectivity index (χ2v) is 10.3. The van der Waals surface area contributed by atoms with E-state index < -0.39 is 11.5 Å². The summed E-state index contributed by atoms with van der Waals surface area (Å²) < 4.78 is 6.00. The molecule has 10 nitrogen and oxygen atoms in total. The molecule has 0 radical (unpaired) electrons. The fourth-order valence-electron chi connectivity index (χ4n) is 5.83. The number of likely N-dealkylation sites (tertiary alicyclic amines) is 1. The fraction of sp³-hybridized carbons (Fsp3) is 0.429. The number of nitrogens with zero attached hydrogens (tertiary/aromatic N) is 4. The van der Waals surface area contributed by atoms with E-state index in [2.05, 4.69) is 5.32 Å². The van der Waals surface area contributed by atoms with Gasteiger partial charge >= 0.3 is 6.03 Å². The molecule has 10 heteroatoms. The topological polar surface area (TPSA) is 102 Å². The van der Waals surface area contributed by atoms with Gasteiger partial charge in [0.2, 0.25) is 17.7 Å². The highest BCUT2D eigenvalue weighted by atomic mass is 16.5. The highest BCUT2D eigenvalue weighted by Gasteiger charge is 2.61. The number of ether oxygens (including phenoxy) is 1. The van der Waals surface area contributed by atoms with Gasteiger partial charge in [-0.3, -0.25) is 14.4 Å². The van der Waals surface area contributed by atoms with Gasteiger partial charge in [-0.2, -0.15) is 0 Å². The number of para-hydroxylation sites is 1. The minimum atomic E-state index is -1.07. The molecule has 3 aliphatic heterocycles. The average molecular weight is 520 g/mol. The first kappa shape index (κ1) is 25.6. The van der Waals surface area contributed by atoms with E-state index in [1.54, 1.807) is 35.8 Å². The van der Waals surface area contributed by atoms with E-state index in [0.717, 1.165) is 11.1 Å². The Labute approximate surface area is 222 Å². The molecular weight excluding hydrogens is 486 g/mol. The van der Waals surface area contributed by atoms with E-state index >= 15 is 0 Å². The van der Waals surface area contributed by atoms with Crippen molar-refractivity contribution in [2.75, 3.05) is 58.8 Å². The number of hydrogen-bond acceptors (Lipinski definition) is 5. The Hall–Kier alpha value is -4.08. The van der Waals surface area contributed by atoms with E-state index in [1.165, 1.54) is 4.90 Å². The first-order valence-electron chi connectivity index (χ1n) is 12.9. The van der Waals surface area contributed by atoms with Crippen molar-refractivity contribution < 1.29 is 23.9 Å². The SMILES string of the molecule is CN(C)C(=O)NCC(=O)N1CC[C@]23C(=O)N(CC(=O)N(C)CCCOc4cccc(c4)[C@H]12)c1ccccc13. The summed E-state index contributed by atoms with van der Waals surface area (Å²) in [5, 5.41) is 2.65. The molecule has 1 N–H and O–H groups in total. The van der Waals surface area contributed by atoms with Crippen molar-refractivity contribution in [2.24, 2.45) is 0 Å². The van der Waals surface area contributed by atoms with Crippen LogP contribution in [0.15, 0.2) is 48.5 Å². The Morgan fingerprint density at radius 2 is 1.89 bits per heavy atom. The van der Waals surface area contributed by atoms with E-state index in [4.69, 9.17) is 4.74 Å². The Morgan fingerprint density at radius 3 is 2.68 bits per heavy atom. The van der Waals surface area contributed by atoms with Crippen LogP contribution >= 0.6 is 0 Å². The first-order chi connectivity index (χ1) is 18.2. The summed E-state index contributed by atoms with van der Waals surface area (Å²) in [7, 11) is 4.95. The van der Waals surface area contributed by atoms with Gasteiger partial charge in [-0.15, -0.1) is 0 Å². The molecular formula is C28H33N5O5. The quantitative estimate of drug-likeness (QED) is 0.652.